The summed E-state index contributed by atoms with van der Waals surface area (Å²) in [6.07, 6.45) is 11.6. The van der Waals surface area contributed by atoms with E-state index in [1.807, 2.05) is 0 Å². The molecule has 1 aliphatic carbocycles. The van der Waals surface area contributed by atoms with Crippen LogP contribution in [0, 0.1) is 11.8 Å². The van der Waals surface area contributed by atoms with Gasteiger partial charge in [-0.05, 0) is 69.9 Å². The summed E-state index contributed by atoms with van der Waals surface area (Å²) in [5.74, 6) is 1.99. The van der Waals surface area contributed by atoms with E-state index in [-0.39, 0.29) is 6.04 Å². The Kier molecular flexibility index (Phi) is 4.91. The lowest BCUT2D eigenvalue weighted by Crippen LogP contribution is -2.49. The Morgan fingerprint density at radius 3 is 2.39 bits per heavy atom. The number of nitrogens with zero attached hydrogens (tertiary/aromatic N) is 2. The maximum absolute atomic E-state index is 12.8. The Balaban J connectivity index is 1.24. The van der Waals surface area contributed by atoms with Crippen molar-refractivity contribution in [1.82, 2.24) is 15.1 Å². The minimum absolute atomic E-state index is 0.123. The number of amides is 1. The summed E-state index contributed by atoms with van der Waals surface area (Å²) in [4.78, 5) is 17.6. The van der Waals surface area contributed by atoms with Gasteiger partial charge < -0.3 is 15.1 Å². The van der Waals surface area contributed by atoms with Gasteiger partial charge >= 0.3 is 0 Å². The van der Waals surface area contributed by atoms with Crippen molar-refractivity contribution in [2.45, 2.75) is 69.9 Å². The van der Waals surface area contributed by atoms with E-state index in [9.17, 15) is 4.79 Å². The van der Waals surface area contributed by atoms with Gasteiger partial charge in [0.25, 0.3) is 0 Å². The number of nitrogens with one attached hydrogen (secondary N) is 1. The van der Waals surface area contributed by atoms with Crippen LogP contribution < -0.4 is 5.32 Å². The van der Waals surface area contributed by atoms with Crippen LogP contribution in [0.25, 0.3) is 0 Å². The molecule has 0 aromatic heterocycles. The third-order valence-corrected chi connectivity index (χ3v) is 6.80. The second-order valence-electron chi connectivity index (χ2n) is 8.38. The van der Waals surface area contributed by atoms with Crippen LogP contribution in [0.1, 0.15) is 57.8 Å². The van der Waals surface area contributed by atoms with E-state index in [0.717, 1.165) is 31.3 Å². The monoisotopic (exact) mass is 319 g/mol. The number of carbonyl (C=O) groups excluding carboxylic acids is 1. The average Bonchev–Trinajstić information content (AvgIpc) is 3.24. The lowest BCUT2D eigenvalue weighted by molar-refractivity contribution is -0.134. The Morgan fingerprint density at radius 2 is 1.65 bits per heavy atom. The van der Waals surface area contributed by atoms with Crippen LogP contribution in [0.4, 0.5) is 0 Å². The summed E-state index contributed by atoms with van der Waals surface area (Å²) >= 11 is 0. The summed E-state index contributed by atoms with van der Waals surface area (Å²) in [6.45, 7) is 5.85. The van der Waals surface area contributed by atoms with Gasteiger partial charge in [0.05, 0.1) is 6.04 Å². The number of likely N-dealkylation sites (tertiary alicyclic amines) is 2. The number of carbonyl (C=O) groups is 1. The van der Waals surface area contributed by atoms with Crippen molar-refractivity contribution in [1.29, 1.82) is 0 Å². The molecule has 130 valence electrons. The molecule has 23 heavy (non-hydrogen) atoms. The van der Waals surface area contributed by atoms with Crippen LogP contribution in [0.3, 0.4) is 0 Å². The minimum atomic E-state index is 0.123. The highest BCUT2D eigenvalue weighted by Gasteiger charge is 2.40. The fourth-order valence-corrected chi connectivity index (χ4v) is 5.40. The zero-order valence-corrected chi connectivity index (χ0v) is 14.5. The molecule has 4 fully saturated rings. The van der Waals surface area contributed by atoms with Gasteiger partial charge in [-0.25, -0.2) is 0 Å². The maximum Gasteiger partial charge on any atom is 0.239 e. The Bertz CT molecular complexity index is 399. The first-order valence-electron chi connectivity index (χ1n) is 10.1. The SMILES string of the molecule is O=C(C1CC2CCCCC2N1)N1CCC(CN2CCCC2)CC1. The van der Waals surface area contributed by atoms with Gasteiger partial charge in [0.2, 0.25) is 5.91 Å². The third-order valence-electron chi connectivity index (χ3n) is 6.80. The quantitative estimate of drug-likeness (QED) is 0.866. The predicted molar refractivity (Wildman–Crippen MR) is 92.3 cm³/mol. The van der Waals surface area contributed by atoms with Crippen molar-refractivity contribution in [3.63, 3.8) is 0 Å². The van der Waals surface area contributed by atoms with E-state index in [1.54, 1.807) is 0 Å². The van der Waals surface area contributed by atoms with E-state index in [2.05, 4.69) is 15.1 Å². The molecule has 1 saturated carbocycles. The minimum Gasteiger partial charge on any atom is -0.341 e. The number of piperidine rings is 1. The first-order valence-corrected chi connectivity index (χ1v) is 10.1. The van der Waals surface area contributed by atoms with Crippen LogP contribution in [-0.2, 0) is 4.79 Å². The number of hydrogen-bond donors (Lipinski definition) is 1. The van der Waals surface area contributed by atoms with E-state index >= 15 is 0 Å². The molecular weight excluding hydrogens is 286 g/mol. The molecule has 0 aromatic carbocycles. The highest BCUT2D eigenvalue weighted by atomic mass is 16.2. The Labute approximate surface area is 141 Å². The fraction of sp³-hybridized carbons (Fsp3) is 0.947. The van der Waals surface area contributed by atoms with Crippen LogP contribution in [0.2, 0.25) is 0 Å². The molecule has 4 rings (SSSR count). The van der Waals surface area contributed by atoms with E-state index in [4.69, 9.17) is 0 Å². The molecule has 3 heterocycles. The zero-order chi connectivity index (χ0) is 15.6. The first kappa shape index (κ1) is 15.9. The average molecular weight is 319 g/mol. The largest absolute Gasteiger partial charge is 0.341 e. The standard InChI is InChI=1S/C19H33N3O/c23-19(18-13-16-5-1-2-6-17(16)20-18)22-11-7-15(8-12-22)14-21-9-3-4-10-21/h15-18,20H,1-14H2. The van der Waals surface area contributed by atoms with Crippen molar-refractivity contribution < 1.29 is 4.79 Å². The van der Waals surface area contributed by atoms with Crippen LogP contribution in [0.5, 0.6) is 0 Å². The van der Waals surface area contributed by atoms with Gasteiger partial charge in [0, 0.05) is 25.7 Å². The van der Waals surface area contributed by atoms with Gasteiger partial charge in [-0.2, -0.15) is 0 Å². The summed E-state index contributed by atoms with van der Waals surface area (Å²) in [7, 11) is 0. The normalized spacial score (nSPS) is 36.3. The molecule has 3 atom stereocenters. The Hall–Kier alpha value is -0.610. The molecule has 1 amide bonds. The van der Waals surface area contributed by atoms with Crippen molar-refractivity contribution in [2.24, 2.45) is 11.8 Å². The molecule has 4 nitrogen and oxygen atoms in total. The number of fused-ring (bicyclic) bond motifs is 1. The molecule has 3 unspecified atom stereocenters. The summed E-state index contributed by atoms with van der Waals surface area (Å²) in [6, 6.07) is 0.753. The predicted octanol–water partition coefficient (Wildman–Crippen LogP) is 2.24. The third kappa shape index (κ3) is 3.58. The van der Waals surface area contributed by atoms with Gasteiger partial charge in [-0.1, -0.05) is 12.8 Å². The smallest absolute Gasteiger partial charge is 0.239 e. The molecule has 3 saturated heterocycles. The molecule has 0 radical (unpaired) electrons. The molecule has 0 aromatic rings. The number of hydrogen-bond acceptors (Lipinski definition) is 3. The maximum atomic E-state index is 12.8. The lowest BCUT2D eigenvalue weighted by Gasteiger charge is -2.35. The van der Waals surface area contributed by atoms with Gasteiger partial charge in [0.1, 0.15) is 0 Å². The van der Waals surface area contributed by atoms with Crippen LogP contribution in [-0.4, -0.2) is 60.5 Å². The highest BCUT2D eigenvalue weighted by Crippen LogP contribution is 2.34. The van der Waals surface area contributed by atoms with Crippen molar-refractivity contribution in [3.05, 3.63) is 0 Å². The van der Waals surface area contributed by atoms with Crippen molar-refractivity contribution >= 4 is 5.91 Å². The van der Waals surface area contributed by atoms with Gasteiger partial charge in [0.15, 0.2) is 0 Å². The van der Waals surface area contributed by atoms with E-state index < -0.39 is 0 Å². The van der Waals surface area contributed by atoms with Gasteiger partial charge in [-0.15, -0.1) is 0 Å². The fourth-order valence-electron chi connectivity index (χ4n) is 5.40. The van der Waals surface area contributed by atoms with Crippen molar-refractivity contribution in [3.8, 4) is 0 Å². The molecule has 0 spiro atoms. The molecule has 4 heteroatoms. The second kappa shape index (κ2) is 7.10. The topological polar surface area (TPSA) is 35.6 Å². The summed E-state index contributed by atoms with van der Waals surface area (Å²) < 4.78 is 0. The summed E-state index contributed by atoms with van der Waals surface area (Å²) in [5, 5.41) is 3.66. The lowest BCUT2D eigenvalue weighted by atomic mass is 9.85. The highest BCUT2D eigenvalue weighted by molar-refractivity contribution is 5.82. The zero-order valence-electron chi connectivity index (χ0n) is 14.5. The molecule has 0 bridgehead atoms. The molecule has 1 N–H and O–H groups in total. The summed E-state index contributed by atoms with van der Waals surface area (Å²) in [5.41, 5.74) is 0. The van der Waals surface area contributed by atoms with Crippen molar-refractivity contribution in [2.75, 3.05) is 32.7 Å². The van der Waals surface area contributed by atoms with Crippen LogP contribution >= 0.6 is 0 Å². The van der Waals surface area contributed by atoms with Crippen LogP contribution in [0.15, 0.2) is 0 Å². The number of rotatable bonds is 3. The van der Waals surface area contributed by atoms with E-state index in [0.29, 0.717) is 11.9 Å². The molecular formula is C19H33N3O. The van der Waals surface area contributed by atoms with Gasteiger partial charge in [-0.3, -0.25) is 4.79 Å². The second-order valence-corrected chi connectivity index (χ2v) is 8.38. The molecule has 4 aliphatic rings. The molecule has 3 aliphatic heterocycles. The Morgan fingerprint density at radius 1 is 0.913 bits per heavy atom. The first-order chi connectivity index (χ1) is 11.3. The van der Waals surface area contributed by atoms with E-state index in [1.165, 1.54) is 71.0 Å².